The van der Waals surface area contributed by atoms with Crippen molar-refractivity contribution in [1.29, 1.82) is 0 Å². The molecule has 1 unspecified atom stereocenters. The lowest BCUT2D eigenvalue weighted by molar-refractivity contribution is -0.132. The Hall–Kier alpha value is -3.97. The Bertz CT molecular complexity index is 1450. The molecule has 1 fully saturated rings. The summed E-state index contributed by atoms with van der Waals surface area (Å²) in [6, 6.07) is 14.7. The number of rotatable bonds is 5. The number of nitrogens with zero attached hydrogens (tertiary/aromatic N) is 1. The minimum atomic E-state index is -0.927. The fourth-order valence-corrected chi connectivity index (χ4v) is 5.11. The van der Waals surface area contributed by atoms with Crippen LogP contribution in [-0.4, -0.2) is 37.6 Å². The Morgan fingerprint density at radius 3 is 2.59 bits per heavy atom. The van der Waals surface area contributed by atoms with E-state index >= 15 is 0 Å². The SMILES string of the molecule is COc1ccc(C2/C(=C(\O)c3ccc4c(c3)CCCO4)C(=O)C(=O)N2c2cccc(Cl)c2C)cc1OC. The predicted octanol–water partition coefficient (Wildman–Crippen LogP) is 5.62. The van der Waals surface area contributed by atoms with Gasteiger partial charge in [-0.2, -0.15) is 0 Å². The maximum atomic E-state index is 13.5. The maximum absolute atomic E-state index is 13.5. The van der Waals surface area contributed by atoms with Gasteiger partial charge < -0.3 is 19.3 Å². The summed E-state index contributed by atoms with van der Waals surface area (Å²) >= 11 is 6.39. The van der Waals surface area contributed by atoms with E-state index in [4.69, 9.17) is 25.8 Å². The summed E-state index contributed by atoms with van der Waals surface area (Å²) in [5, 5.41) is 12.0. The van der Waals surface area contributed by atoms with Crippen LogP contribution in [0.4, 0.5) is 5.69 Å². The number of fused-ring (bicyclic) bond motifs is 1. The average molecular weight is 520 g/mol. The molecule has 0 aliphatic carbocycles. The van der Waals surface area contributed by atoms with Crippen molar-refractivity contribution in [2.45, 2.75) is 25.8 Å². The molecule has 2 aliphatic rings. The van der Waals surface area contributed by atoms with Crippen molar-refractivity contribution in [1.82, 2.24) is 0 Å². The third kappa shape index (κ3) is 4.19. The average Bonchev–Trinajstić information content (AvgIpc) is 3.19. The third-order valence-corrected chi connectivity index (χ3v) is 7.26. The van der Waals surface area contributed by atoms with Gasteiger partial charge in [0, 0.05) is 16.3 Å². The van der Waals surface area contributed by atoms with E-state index in [1.807, 2.05) is 6.07 Å². The number of methoxy groups -OCH3 is 2. The van der Waals surface area contributed by atoms with Gasteiger partial charge in [-0.05, 0) is 78.9 Å². The van der Waals surface area contributed by atoms with Crippen LogP contribution in [0.15, 0.2) is 60.2 Å². The molecule has 0 spiro atoms. The molecule has 7 nitrogen and oxygen atoms in total. The number of carbonyl (C=O) groups excluding carboxylic acids is 2. The summed E-state index contributed by atoms with van der Waals surface area (Å²) in [7, 11) is 3.04. The zero-order valence-electron chi connectivity index (χ0n) is 20.7. The summed E-state index contributed by atoms with van der Waals surface area (Å²) in [6.45, 7) is 2.42. The largest absolute Gasteiger partial charge is 0.507 e. The van der Waals surface area contributed by atoms with E-state index in [1.165, 1.54) is 19.1 Å². The molecule has 1 atom stereocenters. The number of hydrogen-bond acceptors (Lipinski definition) is 6. The highest BCUT2D eigenvalue weighted by Gasteiger charge is 2.47. The lowest BCUT2D eigenvalue weighted by Gasteiger charge is -2.27. The molecule has 2 heterocycles. The van der Waals surface area contributed by atoms with Gasteiger partial charge in [0.25, 0.3) is 11.7 Å². The topological polar surface area (TPSA) is 85.3 Å². The molecule has 5 rings (SSSR count). The van der Waals surface area contributed by atoms with Crippen molar-refractivity contribution in [3.63, 3.8) is 0 Å². The Morgan fingerprint density at radius 2 is 1.84 bits per heavy atom. The highest BCUT2D eigenvalue weighted by molar-refractivity contribution is 6.52. The molecule has 190 valence electrons. The number of halogens is 1. The molecule has 1 amide bonds. The fourth-order valence-electron chi connectivity index (χ4n) is 4.94. The van der Waals surface area contributed by atoms with E-state index in [0.29, 0.717) is 45.5 Å². The quantitative estimate of drug-likeness (QED) is 0.268. The number of aryl methyl sites for hydroxylation is 1. The summed E-state index contributed by atoms with van der Waals surface area (Å²) < 4.78 is 16.6. The van der Waals surface area contributed by atoms with Crippen molar-refractivity contribution in [2.24, 2.45) is 0 Å². The molecule has 0 aromatic heterocycles. The van der Waals surface area contributed by atoms with Gasteiger partial charge in [0.1, 0.15) is 11.5 Å². The number of ether oxygens (including phenoxy) is 3. The number of amides is 1. The second-order valence-corrected chi connectivity index (χ2v) is 9.35. The van der Waals surface area contributed by atoms with Gasteiger partial charge in [-0.1, -0.05) is 23.7 Å². The molecule has 1 N–H and O–H groups in total. The fraction of sp³-hybridized carbons (Fsp3) is 0.241. The number of benzene rings is 3. The van der Waals surface area contributed by atoms with Crippen molar-refractivity contribution >= 4 is 34.7 Å². The molecule has 3 aromatic rings. The van der Waals surface area contributed by atoms with E-state index in [-0.39, 0.29) is 11.3 Å². The molecular formula is C29H26ClNO6. The number of aliphatic hydroxyl groups is 1. The number of Topliss-reactive ketones (excluding diaryl/α,β-unsaturated/α-hetero) is 1. The van der Waals surface area contributed by atoms with Gasteiger partial charge in [-0.15, -0.1) is 0 Å². The molecular weight excluding hydrogens is 494 g/mol. The second-order valence-electron chi connectivity index (χ2n) is 8.94. The molecule has 0 saturated carbocycles. The van der Waals surface area contributed by atoms with Crippen LogP contribution >= 0.6 is 11.6 Å². The van der Waals surface area contributed by atoms with Crippen LogP contribution in [0, 0.1) is 6.92 Å². The number of anilines is 1. The first-order valence-electron chi connectivity index (χ1n) is 11.9. The van der Waals surface area contributed by atoms with Crippen molar-refractivity contribution in [3.05, 3.63) is 87.4 Å². The first-order valence-corrected chi connectivity index (χ1v) is 12.3. The third-order valence-electron chi connectivity index (χ3n) is 6.85. The number of carbonyl (C=O) groups is 2. The zero-order chi connectivity index (χ0) is 26.3. The van der Waals surface area contributed by atoms with Crippen LogP contribution in [0.3, 0.4) is 0 Å². The van der Waals surface area contributed by atoms with Crippen molar-refractivity contribution < 1.29 is 28.9 Å². The summed E-state index contributed by atoms with van der Waals surface area (Å²) in [5.74, 6) is -0.113. The van der Waals surface area contributed by atoms with E-state index < -0.39 is 17.7 Å². The Balaban J connectivity index is 1.74. The Labute approximate surface area is 219 Å². The smallest absolute Gasteiger partial charge is 0.300 e. The maximum Gasteiger partial charge on any atom is 0.300 e. The van der Waals surface area contributed by atoms with Crippen molar-refractivity contribution in [2.75, 3.05) is 25.7 Å². The van der Waals surface area contributed by atoms with Crippen LogP contribution in [0.5, 0.6) is 17.2 Å². The first kappa shape index (κ1) is 24.7. The molecule has 8 heteroatoms. The number of ketones is 1. The van der Waals surface area contributed by atoms with Crippen LogP contribution < -0.4 is 19.1 Å². The highest BCUT2D eigenvalue weighted by atomic mass is 35.5. The van der Waals surface area contributed by atoms with Crippen LogP contribution in [0.1, 0.15) is 34.7 Å². The van der Waals surface area contributed by atoms with Crippen LogP contribution in [-0.2, 0) is 16.0 Å². The van der Waals surface area contributed by atoms with Gasteiger partial charge in [0.2, 0.25) is 0 Å². The molecule has 37 heavy (non-hydrogen) atoms. The molecule has 1 saturated heterocycles. The van der Waals surface area contributed by atoms with Gasteiger partial charge >= 0.3 is 0 Å². The minimum absolute atomic E-state index is 0.0201. The van der Waals surface area contributed by atoms with Crippen LogP contribution in [0.25, 0.3) is 5.76 Å². The molecule has 2 aliphatic heterocycles. The first-order chi connectivity index (χ1) is 17.8. The summed E-state index contributed by atoms with van der Waals surface area (Å²) in [5.41, 5.74) is 3.05. The number of hydrogen-bond donors (Lipinski definition) is 1. The highest BCUT2D eigenvalue weighted by Crippen LogP contribution is 2.46. The lowest BCUT2D eigenvalue weighted by atomic mass is 9.93. The van der Waals surface area contributed by atoms with E-state index in [2.05, 4.69) is 0 Å². The van der Waals surface area contributed by atoms with Crippen LogP contribution in [0.2, 0.25) is 5.02 Å². The normalized spacial score (nSPS) is 18.4. The molecule has 3 aromatic carbocycles. The Morgan fingerprint density at radius 1 is 1.05 bits per heavy atom. The summed E-state index contributed by atoms with van der Waals surface area (Å²) in [6.07, 6.45) is 1.66. The van der Waals surface area contributed by atoms with Gasteiger partial charge in [-0.25, -0.2) is 0 Å². The lowest BCUT2D eigenvalue weighted by Crippen LogP contribution is -2.30. The monoisotopic (exact) mass is 519 g/mol. The number of aliphatic hydroxyl groups excluding tert-OH is 1. The predicted molar refractivity (Wildman–Crippen MR) is 141 cm³/mol. The summed E-state index contributed by atoms with van der Waals surface area (Å²) in [4.78, 5) is 28.4. The van der Waals surface area contributed by atoms with E-state index in [9.17, 15) is 14.7 Å². The minimum Gasteiger partial charge on any atom is -0.507 e. The van der Waals surface area contributed by atoms with Gasteiger partial charge in [-0.3, -0.25) is 14.5 Å². The van der Waals surface area contributed by atoms with E-state index in [1.54, 1.807) is 55.5 Å². The zero-order valence-corrected chi connectivity index (χ0v) is 21.5. The molecule has 0 bridgehead atoms. The van der Waals surface area contributed by atoms with Gasteiger partial charge in [0.15, 0.2) is 11.5 Å². The Kier molecular flexibility index (Phi) is 6.56. The standard InChI is InChI=1S/C29H26ClNO6/c1-16-20(30)7-4-8-21(16)31-26(18-9-12-23(35-2)24(15-18)36-3)25(28(33)29(31)34)27(32)19-10-11-22-17(14-19)6-5-13-37-22/h4,7-12,14-15,26,32H,5-6,13H2,1-3H3/b27-25+. The van der Waals surface area contributed by atoms with Crippen molar-refractivity contribution in [3.8, 4) is 17.2 Å². The second kappa shape index (κ2) is 9.82. The van der Waals surface area contributed by atoms with E-state index in [0.717, 1.165) is 24.2 Å². The van der Waals surface area contributed by atoms with Gasteiger partial charge in [0.05, 0.1) is 32.4 Å². The molecule has 0 radical (unpaired) electrons.